The van der Waals surface area contributed by atoms with Gasteiger partial charge in [-0.25, -0.2) is 14.4 Å². The Morgan fingerprint density at radius 3 is 2.60 bits per heavy atom. The summed E-state index contributed by atoms with van der Waals surface area (Å²) in [5.41, 5.74) is 7.73. The van der Waals surface area contributed by atoms with Crippen LogP contribution in [-0.4, -0.2) is 16.0 Å². The summed E-state index contributed by atoms with van der Waals surface area (Å²) >= 11 is 1.60. The fraction of sp³-hybridized carbons (Fsp3) is 0.333. The van der Waals surface area contributed by atoms with E-state index in [2.05, 4.69) is 9.97 Å². The lowest BCUT2D eigenvalue weighted by atomic mass is 10.2. The van der Waals surface area contributed by atoms with Crippen molar-refractivity contribution < 1.29 is 4.39 Å². The minimum absolute atomic E-state index is 0.0851. The minimum atomic E-state index is -0.222. The van der Waals surface area contributed by atoms with Crippen molar-refractivity contribution in [3.05, 3.63) is 53.4 Å². The zero-order valence-corrected chi connectivity index (χ0v) is 12.5. The SMILES string of the molecule is Cc1cc(CC(C)N)nc(CSc2ccc(F)cc2)n1. The second-order valence-corrected chi connectivity index (χ2v) is 5.89. The molecule has 0 fully saturated rings. The first-order valence-electron chi connectivity index (χ1n) is 6.50. The number of nitrogens with zero attached hydrogens (tertiary/aromatic N) is 2. The highest BCUT2D eigenvalue weighted by molar-refractivity contribution is 7.98. The molecule has 1 unspecified atom stereocenters. The van der Waals surface area contributed by atoms with Crippen molar-refractivity contribution in [2.24, 2.45) is 5.73 Å². The van der Waals surface area contributed by atoms with Crippen molar-refractivity contribution >= 4 is 11.8 Å². The number of hydrogen-bond acceptors (Lipinski definition) is 4. The van der Waals surface area contributed by atoms with Crippen LogP contribution < -0.4 is 5.73 Å². The van der Waals surface area contributed by atoms with Crippen molar-refractivity contribution in [3.63, 3.8) is 0 Å². The molecule has 0 amide bonds. The molecule has 0 spiro atoms. The molecule has 1 aromatic carbocycles. The Hall–Kier alpha value is -1.46. The van der Waals surface area contributed by atoms with Crippen LogP contribution >= 0.6 is 11.8 Å². The molecule has 3 nitrogen and oxygen atoms in total. The van der Waals surface area contributed by atoms with Gasteiger partial charge in [0.25, 0.3) is 0 Å². The molecule has 0 radical (unpaired) electrons. The van der Waals surface area contributed by atoms with E-state index in [1.54, 1.807) is 23.9 Å². The van der Waals surface area contributed by atoms with E-state index in [1.165, 1.54) is 12.1 Å². The Labute approximate surface area is 122 Å². The quantitative estimate of drug-likeness (QED) is 0.860. The first kappa shape index (κ1) is 14.9. The standard InChI is InChI=1S/C15H18FN3S/c1-10(17)7-13-8-11(2)18-15(19-13)9-20-14-5-3-12(16)4-6-14/h3-6,8,10H,7,9,17H2,1-2H3. The van der Waals surface area contributed by atoms with Crippen molar-refractivity contribution in [3.8, 4) is 0 Å². The Kier molecular flexibility index (Phi) is 5.09. The van der Waals surface area contributed by atoms with Gasteiger partial charge in [-0.05, 0) is 44.2 Å². The van der Waals surface area contributed by atoms with Crippen LogP contribution in [0.5, 0.6) is 0 Å². The van der Waals surface area contributed by atoms with E-state index >= 15 is 0 Å². The Morgan fingerprint density at radius 1 is 1.25 bits per heavy atom. The van der Waals surface area contributed by atoms with Gasteiger partial charge in [-0.15, -0.1) is 11.8 Å². The van der Waals surface area contributed by atoms with Crippen LogP contribution in [0.1, 0.15) is 24.1 Å². The van der Waals surface area contributed by atoms with Gasteiger partial charge in [-0.3, -0.25) is 0 Å². The van der Waals surface area contributed by atoms with Gasteiger partial charge in [-0.1, -0.05) is 0 Å². The summed E-state index contributed by atoms with van der Waals surface area (Å²) in [6, 6.07) is 8.50. The smallest absolute Gasteiger partial charge is 0.139 e. The monoisotopic (exact) mass is 291 g/mol. The Morgan fingerprint density at radius 2 is 1.95 bits per heavy atom. The molecular weight excluding hydrogens is 273 g/mol. The summed E-state index contributed by atoms with van der Waals surface area (Å²) < 4.78 is 12.8. The van der Waals surface area contributed by atoms with Gasteiger partial charge in [0, 0.05) is 28.7 Å². The predicted molar refractivity (Wildman–Crippen MR) is 80.1 cm³/mol. The van der Waals surface area contributed by atoms with Crippen molar-refractivity contribution in [1.29, 1.82) is 0 Å². The maximum atomic E-state index is 12.8. The molecule has 2 rings (SSSR count). The summed E-state index contributed by atoms with van der Waals surface area (Å²) in [7, 11) is 0. The van der Waals surface area contributed by atoms with Gasteiger partial charge in [0.2, 0.25) is 0 Å². The number of aromatic nitrogens is 2. The maximum Gasteiger partial charge on any atom is 0.139 e. The van der Waals surface area contributed by atoms with E-state index in [1.807, 2.05) is 19.9 Å². The van der Waals surface area contributed by atoms with Crippen molar-refractivity contribution in [2.45, 2.75) is 37.0 Å². The normalized spacial score (nSPS) is 12.4. The predicted octanol–water partition coefficient (Wildman–Crippen LogP) is 3.11. The van der Waals surface area contributed by atoms with Gasteiger partial charge in [-0.2, -0.15) is 0 Å². The molecule has 1 aromatic heterocycles. The maximum absolute atomic E-state index is 12.8. The van der Waals surface area contributed by atoms with Crippen LogP contribution in [-0.2, 0) is 12.2 Å². The number of rotatable bonds is 5. The molecule has 0 saturated carbocycles. The van der Waals surface area contributed by atoms with E-state index in [0.29, 0.717) is 5.75 Å². The zero-order valence-electron chi connectivity index (χ0n) is 11.6. The fourth-order valence-electron chi connectivity index (χ4n) is 1.88. The average molecular weight is 291 g/mol. The molecule has 20 heavy (non-hydrogen) atoms. The summed E-state index contributed by atoms with van der Waals surface area (Å²) in [5, 5.41) is 0. The lowest BCUT2D eigenvalue weighted by Gasteiger charge is -2.08. The molecule has 0 aliphatic heterocycles. The highest BCUT2D eigenvalue weighted by atomic mass is 32.2. The molecule has 2 aromatic rings. The molecule has 0 bridgehead atoms. The van der Waals surface area contributed by atoms with Crippen molar-refractivity contribution in [1.82, 2.24) is 9.97 Å². The van der Waals surface area contributed by atoms with E-state index in [0.717, 1.165) is 28.5 Å². The van der Waals surface area contributed by atoms with Gasteiger partial charge >= 0.3 is 0 Å². The largest absolute Gasteiger partial charge is 0.328 e. The minimum Gasteiger partial charge on any atom is -0.328 e. The zero-order chi connectivity index (χ0) is 14.5. The highest BCUT2D eigenvalue weighted by Gasteiger charge is 2.05. The van der Waals surface area contributed by atoms with E-state index in [4.69, 9.17) is 5.73 Å². The van der Waals surface area contributed by atoms with Crippen LogP contribution in [0.15, 0.2) is 35.2 Å². The van der Waals surface area contributed by atoms with E-state index in [-0.39, 0.29) is 11.9 Å². The highest BCUT2D eigenvalue weighted by Crippen LogP contribution is 2.21. The summed E-state index contributed by atoms with van der Waals surface area (Å²) in [6.45, 7) is 3.92. The number of hydrogen-bond donors (Lipinski definition) is 1. The van der Waals surface area contributed by atoms with Gasteiger partial charge in [0.15, 0.2) is 0 Å². The fourth-order valence-corrected chi connectivity index (χ4v) is 2.63. The van der Waals surface area contributed by atoms with Crippen LogP contribution in [0.3, 0.4) is 0 Å². The third kappa shape index (κ3) is 4.58. The van der Waals surface area contributed by atoms with Crippen LogP contribution in [0.4, 0.5) is 4.39 Å². The molecule has 0 aliphatic carbocycles. The summed E-state index contributed by atoms with van der Waals surface area (Å²) in [5.74, 6) is 1.23. The van der Waals surface area contributed by atoms with Crippen LogP contribution in [0.25, 0.3) is 0 Å². The third-order valence-electron chi connectivity index (χ3n) is 2.67. The van der Waals surface area contributed by atoms with Gasteiger partial charge in [0.05, 0.1) is 5.75 Å². The lowest BCUT2D eigenvalue weighted by Crippen LogP contribution is -2.19. The number of thioether (sulfide) groups is 1. The molecule has 0 saturated heterocycles. The summed E-state index contributed by atoms with van der Waals surface area (Å²) in [6.07, 6.45) is 0.748. The number of nitrogens with two attached hydrogens (primary N) is 1. The molecule has 106 valence electrons. The Bertz CT molecular complexity index is 570. The molecule has 1 heterocycles. The number of benzene rings is 1. The molecular formula is C15H18FN3S. The topological polar surface area (TPSA) is 51.8 Å². The average Bonchev–Trinajstić information content (AvgIpc) is 2.36. The Balaban J connectivity index is 2.05. The van der Waals surface area contributed by atoms with Crippen LogP contribution in [0, 0.1) is 12.7 Å². The first-order chi connectivity index (χ1) is 9.52. The molecule has 0 aliphatic rings. The molecule has 2 N–H and O–H groups in total. The lowest BCUT2D eigenvalue weighted by molar-refractivity contribution is 0.626. The number of aryl methyl sites for hydroxylation is 1. The van der Waals surface area contributed by atoms with Crippen molar-refractivity contribution in [2.75, 3.05) is 0 Å². The van der Waals surface area contributed by atoms with E-state index < -0.39 is 0 Å². The first-order valence-corrected chi connectivity index (χ1v) is 7.49. The third-order valence-corrected chi connectivity index (χ3v) is 3.67. The molecule has 1 atom stereocenters. The second-order valence-electron chi connectivity index (χ2n) is 4.84. The van der Waals surface area contributed by atoms with Gasteiger partial charge in [0.1, 0.15) is 11.6 Å². The molecule has 5 heteroatoms. The van der Waals surface area contributed by atoms with Crippen LogP contribution in [0.2, 0.25) is 0 Å². The van der Waals surface area contributed by atoms with E-state index in [9.17, 15) is 4.39 Å². The number of halogens is 1. The van der Waals surface area contributed by atoms with Gasteiger partial charge < -0.3 is 5.73 Å². The summed E-state index contributed by atoms with van der Waals surface area (Å²) in [4.78, 5) is 9.95. The second kappa shape index (κ2) is 6.81.